The first-order valence-electron chi connectivity index (χ1n) is 8.98. The zero-order chi connectivity index (χ0) is 18.4. The summed E-state index contributed by atoms with van der Waals surface area (Å²) < 4.78 is 10.5. The number of ether oxygens (including phenoxy) is 2. The van der Waals surface area contributed by atoms with E-state index in [4.69, 9.17) is 9.47 Å². The van der Waals surface area contributed by atoms with Gasteiger partial charge >= 0.3 is 0 Å². The highest BCUT2D eigenvalue weighted by atomic mass is 16.5. The van der Waals surface area contributed by atoms with Crippen LogP contribution in [0, 0.1) is 5.92 Å². The molecule has 5 nitrogen and oxygen atoms in total. The first-order valence-corrected chi connectivity index (χ1v) is 8.98. The topological polar surface area (TPSA) is 50.8 Å². The number of benzene rings is 2. The molecule has 0 saturated carbocycles. The van der Waals surface area contributed by atoms with E-state index in [1.807, 2.05) is 12.1 Å². The number of hydrogen-bond donors (Lipinski definition) is 1. The Balaban J connectivity index is 1.52. The molecule has 2 aromatic rings. The van der Waals surface area contributed by atoms with Gasteiger partial charge in [-0.1, -0.05) is 30.3 Å². The van der Waals surface area contributed by atoms with Crippen LogP contribution in [0.25, 0.3) is 0 Å². The smallest absolute Gasteiger partial charge is 0.227 e. The average molecular weight is 354 g/mol. The van der Waals surface area contributed by atoms with Crippen molar-refractivity contribution >= 4 is 11.6 Å². The Hall–Kier alpha value is -2.53. The van der Waals surface area contributed by atoms with Gasteiger partial charge in [0.15, 0.2) is 11.5 Å². The maximum absolute atomic E-state index is 12.6. The Morgan fingerprint density at radius 3 is 2.38 bits per heavy atom. The summed E-state index contributed by atoms with van der Waals surface area (Å²) in [6.07, 6.45) is 1.76. The molecule has 0 bridgehead atoms. The van der Waals surface area contributed by atoms with Gasteiger partial charge in [-0.05, 0) is 43.6 Å². The van der Waals surface area contributed by atoms with Crippen LogP contribution in [0.15, 0.2) is 48.5 Å². The number of anilines is 1. The first kappa shape index (κ1) is 18.3. The van der Waals surface area contributed by atoms with E-state index in [0.29, 0.717) is 11.5 Å². The molecule has 0 unspecified atom stereocenters. The fraction of sp³-hybridized carbons (Fsp3) is 0.381. The third-order valence-electron chi connectivity index (χ3n) is 4.86. The summed E-state index contributed by atoms with van der Waals surface area (Å²) in [7, 11) is 3.19. The van der Waals surface area contributed by atoms with Crippen LogP contribution < -0.4 is 14.8 Å². The molecule has 1 heterocycles. The minimum atomic E-state index is 0.0510. The molecule has 1 saturated heterocycles. The molecule has 0 aromatic heterocycles. The number of amides is 1. The van der Waals surface area contributed by atoms with Crippen molar-refractivity contribution in [2.75, 3.05) is 32.6 Å². The molecule has 5 heteroatoms. The molecule has 138 valence electrons. The lowest BCUT2D eigenvalue weighted by Gasteiger charge is -2.31. The number of methoxy groups -OCH3 is 2. The average Bonchev–Trinajstić information content (AvgIpc) is 2.69. The molecule has 0 radical (unpaired) electrons. The lowest BCUT2D eigenvalue weighted by molar-refractivity contribution is -0.121. The van der Waals surface area contributed by atoms with Crippen LogP contribution in [0.1, 0.15) is 18.4 Å². The van der Waals surface area contributed by atoms with E-state index >= 15 is 0 Å². The molecule has 1 amide bonds. The fourth-order valence-corrected chi connectivity index (χ4v) is 3.35. The van der Waals surface area contributed by atoms with Crippen LogP contribution in [-0.2, 0) is 11.3 Å². The second-order valence-corrected chi connectivity index (χ2v) is 6.60. The highest BCUT2D eigenvalue weighted by Crippen LogP contribution is 2.30. The van der Waals surface area contributed by atoms with Gasteiger partial charge in [0.2, 0.25) is 5.91 Å². The zero-order valence-corrected chi connectivity index (χ0v) is 15.4. The molecule has 3 rings (SSSR count). The predicted octanol–water partition coefficient (Wildman–Crippen LogP) is 3.55. The van der Waals surface area contributed by atoms with Crippen LogP contribution in [-0.4, -0.2) is 38.1 Å². The third-order valence-corrected chi connectivity index (χ3v) is 4.86. The molecule has 0 atom stereocenters. The number of rotatable bonds is 6. The molecule has 1 fully saturated rings. The Labute approximate surface area is 154 Å². The predicted molar refractivity (Wildman–Crippen MR) is 103 cm³/mol. The monoisotopic (exact) mass is 354 g/mol. The fourth-order valence-electron chi connectivity index (χ4n) is 3.35. The molecule has 2 aromatic carbocycles. The van der Waals surface area contributed by atoms with Crippen molar-refractivity contribution in [1.29, 1.82) is 0 Å². The highest BCUT2D eigenvalue weighted by molar-refractivity contribution is 5.93. The van der Waals surface area contributed by atoms with E-state index < -0.39 is 0 Å². The molecule has 0 spiro atoms. The number of hydrogen-bond acceptors (Lipinski definition) is 4. The first-order chi connectivity index (χ1) is 12.7. The van der Waals surface area contributed by atoms with Crippen molar-refractivity contribution in [1.82, 2.24) is 4.90 Å². The Bertz CT molecular complexity index is 725. The lowest BCUT2D eigenvalue weighted by Crippen LogP contribution is -2.37. The molecule has 0 aliphatic carbocycles. The van der Waals surface area contributed by atoms with Crippen LogP contribution in [0.5, 0.6) is 11.5 Å². The van der Waals surface area contributed by atoms with E-state index in [1.54, 1.807) is 26.4 Å². The van der Waals surface area contributed by atoms with E-state index in [9.17, 15) is 4.79 Å². The van der Waals surface area contributed by atoms with Crippen molar-refractivity contribution in [2.45, 2.75) is 19.4 Å². The van der Waals surface area contributed by atoms with Gasteiger partial charge in [0.05, 0.1) is 14.2 Å². The van der Waals surface area contributed by atoms with Gasteiger partial charge in [-0.3, -0.25) is 9.69 Å². The van der Waals surface area contributed by atoms with Crippen molar-refractivity contribution in [3.63, 3.8) is 0 Å². The summed E-state index contributed by atoms with van der Waals surface area (Å²) >= 11 is 0. The summed E-state index contributed by atoms with van der Waals surface area (Å²) in [6.45, 7) is 2.84. The van der Waals surface area contributed by atoms with Gasteiger partial charge in [0, 0.05) is 24.2 Å². The van der Waals surface area contributed by atoms with E-state index in [1.165, 1.54) is 5.56 Å². The number of likely N-dealkylation sites (tertiary alicyclic amines) is 1. The summed E-state index contributed by atoms with van der Waals surface area (Å²) in [5.41, 5.74) is 2.06. The number of carbonyl (C=O) groups excluding carboxylic acids is 1. The van der Waals surface area contributed by atoms with Gasteiger partial charge in [-0.25, -0.2) is 0 Å². The zero-order valence-electron chi connectivity index (χ0n) is 15.4. The molecule has 1 N–H and O–H groups in total. The van der Waals surface area contributed by atoms with Crippen LogP contribution in [0.3, 0.4) is 0 Å². The van der Waals surface area contributed by atoms with E-state index in [0.717, 1.165) is 38.2 Å². The van der Waals surface area contributed by atoms with Crippen LogP contribution in [0.4, 0.5) is 5.69 Å². The maximum Gasteiger partial charge on any atom is 0.227 e. The highest BCUT2D eigenvalue weighted by Gasteiger charge is 2.25. The van der Waals surface area contributed by atoms with Crippen LogP contribution in [0.2, 0.25) is 0 Å². The minimum Gasteiger partial charge on any atom is -0.493 e. The van der Waals surface area contributed by atoms with Gasteiger partial charge in [-0.2, -0.15) is 0 Å². The van der Waals surface area contributed by atoms with Gasteiger partial charge in [0.25, 0.3) is 0 Å². The van der Waals surface area contributed by atoms with Crippen LogP contribution >= 0.6 is 0 Å². The normalized spacial score (nSPS) is 15.5. The number of nitrogens with zero attached hydrogens (tertiary/aromatic N) is 1. The van der Waals surface area contributed by atoms with Gasteiger partial charge in [-0.15, -0.1) is 0 Å². The van der Waals surface area contributed by atoms with E-state index in [-0.39, 0.29) is 11.8 Å². The quantitative estimate of drug-likeness (QED) is 0.862. The number of piperidine rings is 1. The minimum absolute atomic E-state index is 0.0510. The second-order valence-electron chi connectivity index (χ2n) is 6.60. The second kappa shape index (κ2) is 8.72. The number of nitrogens with one attached hydrogen (secondary N) is 1. The SMILES string of the molecule is COc1ccc(NC(=O)C2CCN(Cc3ccccc3)CC2)cc1OC. The van der Waals surface area contributed by atoms with Crippen molar-refractivity contribution in [3.8, 4) is 11.5 Å². The molecule has 1 aliphatic heterocycles. The Morgan fingerprint density at radius 1 is 1.04 bits per heavy atom. The van der Waals surface area contributed by atoms with Crippen molar-refractivity contribution in [3.05, 3.63) is 54.1 Å². The summed E-state index contributed by atoms with van der Waals surface area (Å²) in [5, 5.41) is 3.01. The standard InChI is InChI=1S/C21H26N2O3/c1-25-19-9-8-18(14-20(19)26-2)22-21(24)17-10-12-23(13-11-17)15-16-6-4-3-5-7-16/h3-9,14,17H,10-13,15H2,1-2H3,(H,22,24). The lowest BCUT2D eigenvalue weighted by atomic mass is 9.95. The Kier molecular flexibility index (Phi) is 6.12. The Morgan fingerprint density at radius 2 is 1.73 bits per heavy atom. The molecule has 26 heavy (non-hydrogen) atoms. The molecular weight excluding hydrogens is 328 g/mol. The molecular formula is C21H26N2O3. The summed E-state index contributed by atoms with van der Waals surface area (Å²) in [5.74, 6) is 1.40. The largest absolute Gasteiger partial charge is 0.493 e. The van der Waals surface area contributed by atoms with Gasteiger partial charge < -0.3 is 14.8 Å². The van der Waals surface area contributed by atoms with Crippen molar-refractivity contribution in [2.24, 2.45) is 5.92 Å². The number of carbonyl (C=O) groups is 1. The molecule has 1 aliphatic rings. The third kappa shape index (κ3) is 4.55. The van der Waals surface area contributed by atoms with E-state index in [2.05, 4.69) is 34.5 Å². The summed E-state index contributed by atoms with van der Waals surface area (Å²) in [4.78, 5) is 15.0. The van der Waals surface area contributed by atoms with Gasteiger partial charge in [0.1, 0.15) is 0 Å². The maximum atomic E-state index is 12.6. The van der Waals surface area contributed by atoms with Crippen molar-refractivity contribution < 1.29 is 14.3 Å². The summed E-state index contributed by atoms with van der Waals surface area (Å²) in [6, 6.07) is 15.9.